The lowest BCUT2D eigenvalue weighted by atomic mass is 10.2. The molecule has 0 fully saturated rings. The predicted octanol–water partition coefficient (Wildman–Crippen LogP) is 3.21. The summed E-state index contributed by atoms with van der Waals surface area (Å²) in [6.07, 6.45) is 0. The maximum Gasteiger partial charge on any atom is 0.280 e. The van der Waals surface area contributed by atoms with E-state index < -0.39 is 5.91 Å². The number of nitrogens with zero attached hydrogens (tertiary/aromatic N) is 2. The van der Waals surface area contributed by atoms with Crippen molar-refractivity contribution in [3.63, 3.8) is 0 Å². The van der Waals surface area contributed by atoms with Crippen molar-refractivity contribution in [2.45, 2.75) is 6.92 Å². The van der Waals surface area contributed by atoms with Gasteiger partial charge in [-0.05, 0) is 36.8 Å². The zero-order valence-corrected chi connectivity index (χ0v) is 13.7. The van der Waals surface area contributed by atoms with Crippen molar-refractivity contribution in [2.24, 2.45) is 0 Å². The summed E-state index contributed by atoms with van der Waals surface area (Å²) in [7, 11) is 3.01. The van der Waals surface area contributed by atoms with Crippen LogP contribution in [-0.4, -0.2) is 30.1 Å². The number of nitrogens with one attached hydrogen (secondary N) is 1. The van der Waals surface area contributed by atoms with E-state index in [0.29, 0.717) is 22.5 Å². The Bertz CT molecular complexity index is 909. The van der Waals surface area contributed by atoms with Gasteiger partial charge in [-0.2, -0.15) is 0 Å². The molecular formula is C18H17N3O3. The largest absolute Gasteiger partial charge is 0.495 e. The van der Waals surface area contributed by atoms with Gasteiger partial charge in [0.2, 0.25) is 5.88 Å². The molecule has 0 saturated carbocycles. The van der Waals surface area contributed by atoms with Crippen LogP contribution < -0.4 is 14.8 Å². The number of rotatable bonds is 4. The standard InChI is InChI=1S/C18H17N3O3/c1-11-8-9-15(23-2)14(10-11)20-17(22)16-18(24-3)21-13-7-5-4-6-12(13)19-16/h4-10H,1-3H3,(H,20,22). The summed E-state index contributed by atoms with van der Waals surface area (Å²) in [5.41, 5.74) is 2.99. The van der Waals surface area contributed by atoms with Gasteiger partial charge in [-0.3, -0.25) is 4.79 Å². The molecule has 6 heteroatoms. The molecule has 3 aromatic rings. The quantitative estimate of drug-likeness (QED) is 0.798. The van der Waals surface area contributed by atoms with Crippen LogP contribution in [0.4, 0.5) is 5.69 Å². The van der Waals surface area contributed by atoms with E-state index in [4.69, 9.17) is 9.47 Å². The number of ether oxygens (including phenoxy) is 2. The van der Waals surface area contributed by atoms with E-state index in [-0.39, 0.29) is 11.6 Å². The second kappa shape index (κ2) is 6.54. The summed E-state index contributed by atoms with van der Waals surface area (Å²) in [5.74, 6) is 0.341. The first-order valence-corrected chi connectivity index (χ1v) is 7.39. The minimum absolute atomic E-state index is 0.125. The fourth-order valence-electron chi connectivity index (χ4n) is 2.38. The molecule has 0 spiro atoms. The van der Waals surface area contributed by atoms with Crippen molar-refractivity contribution in [2.75, 3.05) is 19.5 Å². The third-order valence-corrected chi connectivity index (χ3v) is 3.55. The van der Waals surface area contributed by atoms with Crippen LogP contribution in [-0.2, 0) is 0 Å². The van der Waals surface area contributed by atoms with E-state index >= 15 is 0 Å². The van der Waals surface area contributed by atoms with Crippen molar-refractivity contribution in [1.82, 2.24) is 9.97 Å². The van der Waals surface area contributed by atoms with Crippen LogP contribution in [0, 0.1) is 6.92 Å². The predicted molar refractivity (Wildman–Crippen MR) is 91.8 cm³/mol. The molecule has 0 bridgehead atoms. The molecule has 0 unspecified atom stereocenters. The Kier molecular flexibility index (Phi) is 4.29. The lowest BCUT2D eigenvalue weighted by Gasteiger charge is -2.12. The van der Waals surface area contributed by atoms with Gasteiger partial charge in [-0.1, -0.05) is 18.2 Å². The molecule has 3 rings (SSSR count). The summed E-state index contributed by atoms with van der Waals surface area (Å²) in [5, 5.41) is 2.81. The number of para-hydroxylation sites is 2. The van der Waals surface area contributed by atoms with Crippen molar-refractivity contribution in [3.05, 3.63) is 53.7 Å². The van der Waals surface area contributed by atoms with Gasteiger partial charge in [-0.25, -0.2) is 9.97 Å². The highest BCUT2D eigenvalue weighted by Gasteiger charge is 2.18. The molecule has 0 atom stereocenters. The first-order valence-electron chi connectivity index (χ1n) is 7.39. The SMILES string of the molecule is COc1ccc(C)cc1NC(=O)c1nc2ccccc2nc1OC. The highest BCUT2D eigenvalue weighted by molar-refractivity contribution is 6.06. The lowest BCUT2D eigenvalue weighted by Crippen LogP contribution is -2.16. The number of benzene rings is 2. The van der Waals surface area contributed by atoms with E-state index in [0.717, 1.165) is 5.56 Å². The zero-order valence-electron chi connectivity index (χ0n) is 13.7. The molecule has 1 aromatic heterocycles. The number of aromatic nitrogens is 2. The van der Waals surface area contributed by atoms with Crippen LogP contribution in [0.5, 0.6) is 11.6 Å². The van der Waals surface area contributed by atoms with Crippen molar-refractivity contribution in [1.29, 1.82) is 0 Å². The van der Waals surface area contributed by atoms with Crippen LogP contribution in [0.2, 0.25) is 0 Å². The Hall–Kier alpha value is -3.15. The number of fused-ring (bicyclic) bond motifs is 1. The van der Waals surface area contributed by atoms with Gasteiger partial charge in [0, 0.05) is 0 Å². The lowest BCUT2D eigenvalue weighted by molar-refractivity contribution is 0.101. The minimum atomic E-state index is -0.408. The maximum atomic E-state index is 12.7. The van der Waals surface area contributed by atoms with Crippen LogP contribution in [0.15, 0.2) is 42.5 Å². The van der Waals surface area contributed by atoms with Crippen molar-refractivity contribution >= 4 is 22.6 Å². The highest BCUT2D eigenvalue weighted by Crippen LogP contribution is 2.27. The van der Waals surface area contributed by atoms with Crippen LogP contribution in [0.3, 0.4) is 0 Å². The maximum absolute atomic E-state index is 12.7. The Labute approximate surface area is 139 Å². The number of carbonyl (C=O) groups is 1. The number of carbonyl (C=O) groups excluding carboxylic acids is 1. The third kappa shape index (κ3) is 2.99. The first kappa shape index (κ1) is 15.7. The number of aryl methyl sites for hydroxylation is 1. The molecule has 0 aliphatic carbocycles. The molecule has 1 amide bonds. The van der Waals surface area contributed by atoms with Gasteiger partial charge in [0.15, 0.2) is 5.69 Å². The molecule has 1 heterocycles. The molecule has 122 valence electrons. The monoisotopic (exact) mass is 323 g/mol. The van der Waals surface area contributed by atoms with Gasteiger partial charge < -0.3 is 14.8 Å². The first-order chi connectivity index (χ1) is 11.6. The molecule has 2 aromatic carbocycles. The van der Waals surface area contributed by atoms with E-state index in [1.54, 1.807) is 19.2 Å². The summed E-state index contributed by atoms with van der Waals surface area (Å²) >= 11 is 0. The van der Waals surface area contributed by atoms with Gasteiger partial charge in [-0.15, -0.1) is 0 Å². The fourth-order valence-corrected chi connectivity index (χ4v) is 2.38. The molecule has 24 heavy (non-hydrogen) atoms. The van der Waals surface area contributed by atoms with E-state index in [9.17, 15) is 4.79 Å². The zero-order chi connectivity index (χ0) is 17.1. The Morgan fingerprint density at radius 2 is 1.71 bits per heavy atom. The molecule has 1 N–H and O–H groups in total. The Morgan fingerprint density at radius 1 is 1.00 bits per heavy atom. The Morgan fingerprint density at radius 3 is 2.38 bits per heavy atom. The van der Waals surface area contributed by atoms with Gasteiger partial charge in [0.05, 0.1) is 30.9 Å². The number of hydrogen-bond acceptors (Lipinski definition) is 5. The van der Waals surface area contributed by atoms with Crippen molar-refractivity contribution in [3.8, 4) is 11.6 Å². The minimum Gasteiger partial charge on any atom is -0.495 e. The third-order valence-electron chi connectivity index (χ3n) is 3.55. The number of amides is 1. The van der Waals surface area contributed by atoms with E-state index in [1.165, 1.54) is 7.11 Å². The number of hydrogen-bond donors (Lipinski definition) is 1. The Balaban J connectivity index is 2.01. The van der Waals surface area contributed by atoms with E-state index in [2.05, 4.69) is 15.3 Å². The van der Waals surface area contributed by atoms with Gasteiger partial charge >= 0.3 is 0 Å². The van der Waals surface area contributed by atoms with Gasteiger partial charge in [0.1, 0.15) is 5.75 Å². The molecule has 0 saturated heterocycles. The molecular weight excluding hydrogens is 306 g/mol. The van der Waals surface area contributed by atoms with Crippen LogP contribution in [0.1, 0.15) is 16.1 Å². The number of anilines is 1. The second-order valence-corrected chi connectivity index (χ2v) is 5.23. The summed E-state index contributed by atoms with van der Waals surface area (Å²) < 4.78 is 10.5. The van der Waals surface area contributed by atoms with Crippen LogP contribution in [0.25, 0.3) is 11.0 Å². The van der Waals surface area contributed by atoms with Crippen LogP contribution >= 0.6 is 0 Å². The van der Waals surface area contributed by atoms with E-state index in [1.807, 2.05) is 37.3 Å². The molecule has 6 nitrogen and oxygen atoms in total. The normalized spacial score (nSPS) is 10.5. The highest BCUT2D eigenvalue weighted by atomic mass is 16.5. The average Bonchev–Trinajstić information content (AvgIpc) is 2.60. The summed E-state index contributed by atoms with van der Waals surface area (Å²) in [6, 6.07) is 12.8. The second-order valence-electron chi connectivity index (χ2n) is 5.23. The number of methoxy groups -OCH3 is 2. The average molecular weight is 323 g/mol. The van der Waals surface area contributed by atoms with Crippen molar-refractivity contribution < 1.29 is 14.3 Å². The summed E-state index contributed by atoms with van der Waals surface area (Å²) in [6.45, 7) is 1.94. The summed E-state index contributed by atoms with van der Waals surface area (Å²) in [4.78, 5) is 21.4. The topological polar surface area (TPSA) is 73.3 Å². The van der Waals surface area contributed by atoms with Gasteiger partial charge in [0.25, 0.3) is 5.91 Å². The molecule has 0 radical (unpaired) electrons. The molecule has 0 aliphatic rings. The smallest absolute Gasteiger partial charge is 0.280 e. The molecule has 0 aliphatic heterocycles. The fraction of sp³-hybridized carbons (Fsp3) is 0.167.